The topological polar surface area (TPSA) is 127 Å². The fourth-order valence-corrected chi connectivity index (χ4v) is 2.63. The van der Waals surface area contributed by atoms with Crippen LogP contribution in [-0.4, -0.2) is 29.0 Å². The number of aromatic nitrogens is 4. The van der Waals surface area contributed by atoms with E-state index in [9.17, 15) is 8.42 Å². The number of benzene rings is 1. The number of tetrazole rings is 1. The molecule has 0 atom stereocenters. The van der Waals surface area contributed by atoms with Crippen molar-refractivity contribution in [1.82, 2.24) is 20.6 Å². The van der Waals surface area contributed by atoms with E-state index in [0.29, 0.717) is 5.69 Å². The number of hydrogen-bond donors (Lipinski definition) is 3. The van der Waals surface area contributed by atoms with E-state index in [4.69, 9.17) is 17.3 Å². The van der Waals surface area contributed by atoms with E-state index in [1.807, 2.05) is 0 Å². The molecule has 0 radical (unpaired) electrons. The van der Waals surface area contributed by atoms with Crippen LogP contribution in [0.5, 0.6) is 0 Å². The smallest absolute Gasteiger partial charge is 0.265 e. The molecule has 0 aliphatic carbocycles. The van der Waals surface area contributed by atoms with Crippen LogP contribution in [0.15, 0.2) is 23.1 Å². The molecule has 1 aromatic heterocycles. The van der Waals surface area contributed by atoms with Crippen molar-refractivity contribution in [1.29, 1.82) is 0 Å². The molecule has 0 amide bonds. The molecule has 0 aliphatic rings. The van der Waals surface area contributed by atoms with E-state index in [1.54, 1.807) is 0 Å². The molecule has 17 heavy (non-hydrogen) atoms. The molecule has 8 nitrogen and oxygen atoms in total. The summed E-state index contributed by atoms with van der Waals surface area (Å²) in [5.41, 5.74) is 5.84. The Morgan fingerprint density at radius 1 is 1.41 bits per heavy atom. The van der Waals surface area contributed by atoms with Gasteiger partial charge < -0.3 is 5.73 Å². The third-order valence-electron chi connectivity index (χ3n) is 1.82. The maximum absolute atomic E-state index is 11.9. The highest BCUT2D eigenvalue weighted by atomic mass is 35.5. The summed E-state index contributed by atoms with van der Waals surface area (Å²) in [4.78, 5) is -0.107. The lowest BCUT2D eigenvalue weighted by molar-refractivity contribution is 0.601. The maximum atomic E-state index is 11.9. The zero-order valence-corrected chi connectivity index (χ0v) is 9.83. The van der Waals surface area contributed by atoms with Crippen molar-refractivity contribution in [3.63, 3.8) is 0 Å². The Hall–Kier alpha value is -1.87. The fraction of sp³-hybridized carbons (Fsp3) is 0. The minimum Gasteiger partial charge on any atom is -0.399 e. The van der Waals surface area contributed by atoms with Gasteiger partial charge in [-0.05, 0) is 28.6 Å². The number of nitrogens with zero attached hydrogens (tertiary/aromatic N) is 3. The van der Waals surface area contributed by atoms with Gasteiger partial charge in [0.15, 0.2) is 0 Å². The van der Waals surface area contributed by atoms with Gasteiger partial charge in [0, 0.05) is 5.69 Å². The molecular weight excluding hydrogens is 268 g/mol. The average Bonchev–Trinajstić information content (AvgIpc) is 2.68. The molecule has 0 bridgehead atoms. The molecular formula is C7H7ClN6O2S. The first-order valence-corrected chi connectivity index (χ1v) is 6.17. The van der Waals surface area contributed by atoms with Crippen LogP contribution in [0.4, 0.5) is 11.6 Å². The van der Waals surface area contributed by atoms with Crippen LogP contribution in [0.3, 0.4) is 0 Å². The first-order chi connectivity index (χ1) is 7.99. The summed E-state index contributed by atoms with van der Waals surface area (Å²) in [6, 6.07) is 4.07. The normalized spacial score (nSPS) is 11.4. The molecule has 4 N–H and O–H groups in total. The standard InChI is InChI=1S/C7H7ClN6O2S/c8-5-3-4(9)1-2-6(5)17(15,16)12-7-10-13-14-11-7/h1-3H,9H2,(H2,10,11,12,13,14). The predicted molar refractivity (Wildman–Crippen MR) is 60.9 cm³/mol. The van der Waals surface area contributed by atoms with Crippen LogP contribution in [0.1, 0.15) is 0 Å². The second kappa shape index (κ2) is 4.18. The van der Waals surface area contributed by atoms with Crippen LogP contribution in [0.25, 0.3) is 0 Å². The number of hydrogen-bond acceptors (Lipinski definition) is 6. The lowest BCUT2D eigenvalue weighted by atomic mass is 10.3. The lowest BCUT2D eigenvalue weighted by Crippen LogP contribution is -2.14. The molecule has 0 saturated heterocycles. The van der Waals surface area contributed by atoms with Crippen LogP contribution < -0.4 is 10.5 Å². The van der Waals surface area contributed by atoms with Gasteiger partial charge in [-0.2, -0.15) is 0 Å². The molecule has 1 aromatic carbocycles. The van der Waals surface area contributed by atoms with Gasteiger partial charge in [-0.3, -0.25) is 0 Å². The summed E-state index contributed by atoms with van der Waals surface area (Å²) in [6.07, 6.45) is 0. The highest BCUT2D eigenvalue weighted by molar-refractivity contribution is 7.92. The van der Waals surface area contributed by atoms with Gasteiger partial charge in [0.05, 0.1) is 5.02 Å². The van der Waals surface area contributed by atoms with E-state index in [1.165, 1.54) is 18.2 Å². The van der Waals surface area contributed by atoms with Crippen molar-refractivity contribution < 1.29 is 8.42 Å². The van der Waals surface area contributed by atoms with Crippen molar-refractivity contribution in [2.45, 2.75) is 4.90 Å². The Labute approximate surface area is 101 Å². The third-order valence-corrected chi connectivity index (χ3v) is 3.64. The van der Waals surface area contributed by atoms with E-state index in [-0.39, 0.29) is 15.9 Å². The zero-order chi connectivity index (χ0) is 12.5. The number of nitrogen functional groups attached to an aromatic ring is 1. The first-order valence-electron chi connectivity index (χ1n) is 4.30. The average molecular weight is 275 g/mol. The summed E-state index contributed by atoms with van der Waals surface area (Å²) < 4.78 is 25.9. The second-order valence-electron chi connectivity index (χ2n) is 3.05. The number of H-pyrrole nitrogens is 1. The van der Waals surface area contributed by atoms with Gasteiger partial charge >= 0.3 is 0 Å². The van der Waals surface area contributed by atoms with E-state index in [0.717, 1.165) is 0 Å². The number of halogens is 1. The number of rotatable bonds is 3. The monoisotopic (exact) mass is 274 g/mol. The molecule has 1 heterocycles. The third kappa shape index (κ3) is 2.45. The van der Waals surface area contributed by atoms with Crippen LogP contribution in [0.2, 0.25) is 5.02 Å². The van der Waals surface area contributed by atoms with Crippen molar-refractivity contribution in [2.75, 3.05) is 10.5 Å². The van der Waals surface area contributed by atoms with Crippen molar-refractivity contribution in [3.05, 3.63) is 23.2 Å². The molecule has 2 rings (SSSR count). The Bertz CT molecular complexity index is 626. The molecule has 90 valence electrons. The Morgan fingerprint density at radius 2 is 2.18 bits per heavy atom. The minimum absolute atomic E-state index is 0.0185. The van der Waals surface area contributed by atoms with Crippen LogP contribution in [0, 0.1) is 0 Å². The second-order valence-corrected chi connectivity index (χ2v) is 5.10. The quantitative estimate of drug-likeness (QED) is 0.688. The molecule has 10 heteroatoms. The summed E-state index contributed by atoms with van der Waals surface area (Å²) in [5, 5.41) is 12.2. The molecule has 0 saturated carbocycles. The van der Waals surface area contributed by atoms with Crippen molar-refractivity contribution >= 4 is 33.3 Å². The highest BCUT2D eigenvalue weighted by Gasteiger charge is 2.19. The Balaban J connectivity index is 2.38. The Morgan fingerprint density at radius 3 is 2.76 bits per heavy atom. The lowest BCUT2D eigenvalue weighted by Gasteiger charge is -2.06. The van der Waals surface area contributed by atoms with E-state index < -0.39 is 10.0 Å². The van der Waals surface area contributed by atoms with Gasteiger partial charge in [-0.15, -0.1) is 0 Å². The number of aromatic amines is 1. The summed E-state index contributed by atoms with van der Waals surface area (Å²) >= 11 is 5.79. The first kappa shape index (κ1) is 11.6. The Kier molecular flexibility index (Phi) is 2.86. The van der Waals surface area contributed by atoms with Crippen molar-refractivity contribution in [3.8, 4) is 0 Å². The van der Waals surface area contributed by atoms with Gasteiger partial charge in [-0.25, -0.2) is 18.2 Å². The number of nitrogens with one attached hydrogen (secondary N) is 2. The number of anilines is 2. The zero-order valence-electron chi connectivity index (χ0n) is 8.25. The summed E-state index contributed by atoms with van der Waals surface area (Å²) in [6.45, 7) is 0. The fourth-order valence-electron chi connectivity index (χ4n) is 1.12. The predicted octanol–water partition coefficient (Wildman–Crippen LogP) is 0.236. The van der Waals surface area contributed by atoms with Gasteiger partial charge in [-0.1, -0.05) is 16.7 Å². The van der Waals surface area contributed by atoms with Gasteiger partial charge in [0.2, 0.25) is 0 Å². The summed E-state index contributed by atoms with van der Waals surface area (Å²) in [7, 11) is -3.84. The van der Waals surface area contributed by atoms with Crippen LogP contribution in [-0.2, 0) is 10.0 Å². The minimum atomic E-state index is -3.84. The molecule has 0 spiro atoms. The molecule has 2 aromatic rings. The molecule has 0 fully saturated rings. The highest BCUT2D eigenvalue weighted by Crippen LogP contribution is 2.24. The maximum Gasteiger partial charge on any atom is 0.265 e. The summed E-state index contributed by atoms with van der Waals surface area (Å²) in [5.74, 6) is -0.0992. The number of sulfonamides is 1. The van der Waals surface area contributed by atoms with E-state index in [2.05, 4.69) is 25.3 Å². The van der Waals surface area contributed by atoms with Gasteiger partial charge in [0.1, 0.15) is 4.90 Å². The number of nitrogens with two attached hydrogens (primary N) is 1. The molecule has 0 aliphatic heterocycles. The van der Waals surface area contributed by atoms with Gasteiger partial charge in [0.25, 0.3) is 16.0 Å². The largest absolute Gasteiger partial charge is 0.399 e. The van der Waals surface area contributed by atoms with Crippen molar-refractivity contribution in [2.24, 2.45) is 0 Å². The SMILES string of the molecule is Nc1ccc(S(=O)(=O)Nc2nnn[nH]2)c(Cl)c1. The van der Waals surface area contributed by atoms with E-state index >= 15 is 0 Å². The molecule has 0 unspecified atom stereocenters. The van der Waals surface area contributed by atoms with Crippen LogP contribution >= 0.6 is 11.6 Å².